The molecule has 0 radical (unpaired) electrons. The van der Waals surface area contributed by atoms with Crippen molar-refractivity contribution in [2.24, 2.45) is 11.7 Å². The minimum Gasteiger partial charge on any atom is -0.392 e. The standard InChI is InChI=1S/C16H28N2O2S/c17-16(21)15(12-6-2-1-3-7-12)18-14(19)10-9-13-8-4-5-11-20-13/h12-13,15H,1-11H2,(H2,17,21)(H,18,19). The van der Waals surface area contributed by atoms with Gasteiger partial charge in [0.15, 0.2) is 0 Å². The van der Waals surface area contributed by atoms with E-state index < -0.39 is 0 Å². The van der Waals surface area contributed by atoms with Gasteiger partial charge in [-0.25, -0.2) is 0 Å². The first kappa shape index (κ1) is 16.7. The van der Waals surface area contributed by atoms with E-state index in [9.17, 15) is 4.79 Å². The minimum atomic E-state index is -0.125. The van der Waals surface area contributed by atoms with Gasteiger partial charge in [-0.15, -0.1) is 0 Å². The lowest BCUT2D eigenvalue weighted by atomic mass is 9.83. The Balaban J connectivity index is 1.76. The van der Waals surface area contributed by atoms with Crippen LogP contribution in [0.5, 0.6) is 0 Å². The molecule has 1 aliphatic carbocycles. The molecule has 5 heteroatoms. The molecule has 21 heavy (non-hydrogen) atoms. The van der Waals surface area contributed by atoms with Crippen LogP contribution in [0, 0.1) is 5.92 Å². The maximum Gasteiger partial charge on any atom is 0.220 e. The normalized spacial score (nSPS) is 25.2. The number of nitrogens with one attached hydrogen (secondary N) is 1. The number of rotatable bonds is 6. The highest BCUT2D eigenvalue weighted by Crippen LogP contribution is 2.27. The second kappa shape index (κ2) is 8.69. The van der Waals surface area contributed by atoms with Crippen LogP contribution in [0.1, 0.15) is 64.2 Å². The number of carbonyl (C=O) groups excluding carboxylic acids is 1. The molecule has 2 aliphatic rings. The van der Waals surface area contributed by atoms with Crippen molar-refractivity contribution in [3.63, 3.8) is 0 Å². The Labute approximate surface area is 133 Å². The topological polar surface area (TPSA) is 64.3 Å². The van der Waals surface area contributed by atoms with Crippen LogP contribution in [0.4, 0.5) is 0 Å². The first-order chi connectivity index (χ1) is 10.2. The molecule has 2 rings (SSSR count). The van der Waals surface area contributed by atoms with Crippen molar-refractivity contribution in [3.05, 3.63) is 0 Å². The molecule has 2 unspecified atom stereocenters. The monoisotopic (exact) mass is 312 g/mol. The largest absolute Gasteiger partial charge is 0.392 e. The summed E-state index contributed by atoms with van der Waals surface area (Å²) in [6.45, 7) is 0.837. The molecule has 1 saturated carbocycles. The van der Waals surface area contributed by atoms with E-state index in [1.807, 2.05) is 0 Å². The Hall–Kier alpha value is -0.680. The molecule has 3 N–H and O–H groups in total. The summed E-state index contributed by atoms with van der Waals surface area (Å²) in [5, 5.41) is 3.07. The highest BCUT2D eigenvalue weighted by atomic mass is 32.1. The maximum atomic E-state index is 12.2. The van der Waals surface area contributed by atoms with Gasteiger partial charge in [-0.2, -0.15) is 0 Å². The van der Waals surface area contributed by atoms with Crippen LogP contribution in [0.15, 0.2) is 0 Å². The first-order valence-electron chi connectivity index (χ1n) is 8.37. The van der Waals surface area contributed by atoms with Gasteiger partial charge in [0.1, 0.15) is 0 Å². The van der Waals surface area contributed by atoms with Crippen molar-refractivity contribution in [2.45, 2.75) is 76.4 Å². The van der Waals surface area contributed by atoms with Gasteiger partial charge in [-0.1, -0.05) is 31.5 Å². The quantitative estimate of drug-likeness (QED) is 0.740. The molecule has 0 aromatic carbocycles. The van der Waals surface area contributed by atoms with Crippen LogP contribution >= 0.6 is 12.2 Å². The van der Waals surface area contributed by atoms with Gasteiger partial charge < -0.3 is 15.8 Å². The second-order valence-corrected chi connectivity index (χ2v) is 6.84. The van der Waals surface area contributed by atoms with Crippen molar-refractivity contribution in [2.75, 3.05) is 6.61 Å². The Morgan fingerprint density at radius 1 is 1.19 bits per heavy atom. The van der Waals surface area contributed by atoms with Crippen LogP contribution in [0.25, 0.3) is 0 Å². The highest BCUT2D eigenvalue weighted by Gasteiger charge is 2.27. The number of hydrogen-bond donors (Lipinski definition) is 2. The van der Waals surface area contributed by atoms with Crippen molar-refractivity contribution in [1.82, 2.24) is 5.32 Å². The third-order valence-electron chi connectivity index (χ3n) is 4.71. The van der Waals surface area contributed by atoms with Gasteiger partial charge in [-0.3, -0.25) is 4.79 Å². The van der Waals surface area contributed by atoms with Crippen LogP contribution < -0.4 is 11.1 Å². The summed E-state index contributed by atoms with van der Waals surface area (Å²) in [7, 11) is 0. The predicted molar refractivity (Wildman–Crippen MR) is 88.1 cm³/mol. The van der Waals surface area contributed by atoms with Crippen LogP contribution in [-0.4, -0.2) is 29.6 Å². The van der Waals surface area contributed by atoms with E-state index in [1.165, 1.54) is 25.7 Å². The van der Waals surface area contributed by atoms with Gasteiger partial charge in [0.25, 0.3) is 0 Å². The van der Waals surface area contributed by atoms with Crippen LogP contribution in [0.3, 0.4) is 0 Å². The molecule has 0 aromatic rings. The van der Waals surface area contributed by atoms with Gasteiger partial charge in [0, 0.05) is 13.0 Å². The fraction of sp³-hybridized carbons (Fsp3) is 0.875. The molecule has 4 nitrogen and oxygen atoms in total. The van der Waals surface area contributed by atoms with Crippen molar-refractivity contribution in [1.29, 1.82) is 0 Å². The number of ether oxygens (including phenoxy) is 1. The summed E-state index contributed by atoms with van der Waals surface area (Å²) in [6.07, 6.45) is 11.0. The third-order valence-corrected chi connectivity index (χ3v) is 4.97. The van der Waals surface area contributed by atoms with E-state index in [0.29, 0.717) is 17.3 Å². The fourth-order valence-electron chi connectivity index (χ4n) is 3.46. The molecule has 1 amide bonds. The fourth-order valence-corrected chi connectivity index (χ4v) is 3.71. The number of thiocarbonyl (C=S) groups is 1. The Bertz CT molecular complexity index is 350. The average Bonchev–Trinajstić information content (AvgIpc) is 2.52. The van der Waals surface area contributed by atoms with Crippen LogP contribution in [-0.2, 0) is 9.53 Å². The molecular formula is C16H28N2O2S. The molecule has 2 atom stereocenters. The molecule has 120 valence electrons. The van der Waals surface area contributed by atoms with Gasteiger partial charge in [-0.05, 0) is 44.4 Å². The lowest BCUT2D eigenvalue weighted by Gasteiger charge is -2.30. The van der Waals surface area contributed by atoms with Crippen molar-refractivity contribution in [3.8, 4) is 0 Å². The van der Waals surface area contributed by atoms with E-state index in [0.717, 1.165) is 38.7 Å². The van der Waals surface area contributed by atoms with Crippen molar-refractivity contribution >= 4 is 23.1 Å². The summed E-state index contributed by atoms with van der Waals surface area (Å²) in [4.78, 5) is 12.6. The summed E-state index contributed by atoms with van der Waals surface area (Å²) in [5.41, 5.74) is 5.85. The zero-order chi connectivity index (χ0) is 15.1. The van der Waals surface area contributed by atoms with E-state index in [1.54, 1.807) is 0 Å². The lowest BCUT2D eigenvalue weighted by molar-refractivity contribution is -0.122. The zero-order valence-electron chi connectivity index (χ0n) is 12.8. The molecule has 1 heterocycles. The summed E-state index contributed by atoms with van der Waals surface area (Å²) in [6, 6.07) is -0.125. The zero-order valence-corrected chi connectivity index (χ0v) is 13.6. The third kappa shape index (κ3) is 5.55. The SMILES string of the molecule is NC(=S)C(NC(=O)CCC1CCCCO1)C1CCCCC1. The number of nitrogens with two attached hydrogens (primary N) is 1. The molecule has 0 bridgehead atoms. The lowest BCUT2D eigenvalue weighted by Crippen LogP contribution is -2.48. The minimum absolute atomic E-state index is 0.0625. The molecule has 1 saturated heterocycles. The molecular weight excluding hydrogens is 284 g/mol. The number of carbonyl (C=O) groups is 1. The Morgan fingerprint density at radius 3 is 2.52 bits per heavy atom. The molecule has 0 spiro atoms. The van der Waals surface area contributed by atoms with Crippen LogP contribution in [0.2, 0.25) is 0 Å². The number of amides is 1. The van der Waals surface area contributed by atoms with Crippen molar-refractivity contribution < 1.29 is 9.53 Å². The highest BCUT2D eigenvalue weighted by molar-refractivity contribution is 7.80. The van der Waals surface area contributed by atoms with Gasteiger partial charge >= 0.3 is 0 Å². The number of hydrogen-bond acceptors (Lipinski definition) is 3. The molecule has 1 aliphatic heterocycles. The smallest absolute Gasteiger partial charge is 0.220 e. The van der Waals surface area contributed by atoms with E-state index >= 15 is 0 Å². The predicted octanol–water partition coefficient (Wildman–Crippen LogP) is 2.69. The summed E-state index contributed by atoms with van der Waals surface area (Å²) < 4.78 is 5.67. The molecule has 0 aromatic heterocycles. The Morgan fingerprint density at radius 2 is 1.90 bits per heavy atom. The summed E-state index contributed by atoms with van der Waals surface area (Å²) >= 11 is 5.16. The van der Waals surface area contributed by atoms with E-state index in [4.69, 9.17) is 22.7 Å². The Kier molecular flexibility index (Phi) is 6.90. The average molecular weight is 312 g/mol. The second-order valence-electron chi connectivity index (χ2n) is 6.37. The summed E-state index contributed by atoms with van der Waals surface area (Å²) in [5.74, 6) is 0.485. The van der Waals surface area contributed by atoms with Gasteiger partial charge in [0.05, 0.1) is 17.1 Å². The molecule has 2 fully saturated rings. The van der Waals surface area contributed by atoms with Gasteiger partial charge in [0.2, 0.25) is 5.91 Å². The first-order valence-corrected chi connectivity index (χ1v) is 8.78. The maximum absolute atomic E-state index is 12.2. The van der Waals surface area contributed by atoms with E-state index in [-0.39, 0.29) is 18.1 Å². The van der Waals surface area contributed by atoms with E-state index in [2.05, 4.69) is 5.32 Å².